The normalized spacial score (nSPS) is 10.6. The van der Waals surface area contributed by atoms with Gasteiger partial charge in [0.1, 0.15) is 17.9 Å². The molecule has 0 aliphatic rings. The summed E-state index contributed by atoms with van der Waals surface area (Å²) in [5, 5.41) is 19.5. The van der Waals surface area contributed by atoms with Crippen LogP contribution in [0.3, 0.4) is 0 Å². The number of nitrogens with zero attached hydrogens (tertiary/aromatic N) is 2. The molecule has 1 aromatic heterocycles. The fourth-order valence-corrected chi connectivity index (χ4v) is 1.64. The molecule has 0 fully saturated rings. The quantitative estimate of drug-likeness (QED) is 0.676. The summed E-state index contributed by atoms with van der Waals surface area (Å²) < 4.78 is 0. The van der Waals surface area contributed by atoms with Gasteiger partial charge in [-0.15, -0.1) is 0 Å². The Hall–Kier alpha value is -1.88. The molecule has 1 aromatic carbocycles. The number of nitrogens with one attached hydrogen (secondary N) is 2. The molecule has 0 amide bonds. The third-order valence-corrected chi connectivity index (χ3v) is 2.55. The first-order valence-corrected chi connectivity index (χ1v) is 5.59. The lowest BCUT2D eigenvalue weighted by atomic mass is 10.1. The van der Waals surface area contributed by atoms with Crippen molar-refractivity contribution in [2.45, 2.75) is 19.9 Å². The van der Waals surface area contributed by atoms with Gasteiger partial charge >= 0.3 is 0 Å². The molecule has 0 aliphatic heterocycles. The molecule has 0 atom stereocenters. The maximum Gasteiger partial charge on any atom is 0.137 e. The smallest absolute Gasteiger partial charge is 0.137 e. The minimum atomic E-state index is 0.336. The van der Waals surface area contributed by atoms with Crippen molar-refractivity contribution in [2.75, 3.05) is 6.54 Å². The first kappa shape index (κ1) is 11.6. The van der Waals surface area contributed by atoms with Crippen LogP contribution in [0.4, 0.5) is 0 Å². The highest BCUT2D eigenvalue weighted by Gasteiger charge is 2.01. The van der Waals surface area contributed by atoms with Crippen LogP contribution in [-0.4, -0.2) is 26.8 Å². The Morgan fingerprint density at radius 1 is 1.41 bits per heavy atom. The second-order valence-electron chi connectivity index (χ2n) is 3.99. The third kappa shape index (κ3) is 3.29. The Labute approximate surface area is 99.9 Å². The second-order valence-corrected chi connectivity index (χ2v) is 3.99. The van der Waals surface area contributed by atoms with Crippen LogP contribution in [0, 0.1) is 6.92 Å². The van der Waals surface area contributed by atoms with Crippen molar-refractivity contribution < 1.29 is 5.11 Å². The number of hydrogen-bond acceptors (Lipinski definition) is 4. The van der Waals surface area contributed by atoms with Crippen LogP contribution in [0.1, 0.15) is 17.0 Å². The number of aryl methyl sites for hydroxylation is 1. The summed E-state index contributed by atoms with van der Waals surface area (Å²) in [6.45, 7) is 3.46. The van der Waals surface area contributed by atoms with E-state index in [0.717, 1.165) is 29.9 Å². The lowest BCUT2D eigenvalue weighted by Gasteiger charge is -2.07. The highest BCUT2D eigenvalue weighted by Crippen LogP contribution is 2.17. The molecule has 0 radical (unpaired) electrons. The van der Waals surface area contributed by atoms with Crippen molar-refractivity contribution >= 4 is 0 Å². The van der Waals surface area contributed by atoms with Crippen molar-refractivity contribution in [1.82, 2.24) is 20.5 Å². The highest BCUT2D eigenvalue weighted by molar-refractivity contribution is 5.35. The largest absolute Gasteiger partial charge is 0.508 e. The first-order valence-electron chi connectivity index (χ1n) is 5.59. The predicted molar refractivity (Wildman–Crippen MR) is 64.6 cm³/mol. The standard InChI is InChI=1S/C12H16N4O/c1-9-2-3-11(17)10(6-9)7-13-5-4-12-14-8-15-16-12/h2-3,6,8,13,17H,4-5,7H2,1H3,(H,14,15,16). The van der Waals surface area contributed by atoms with Crippen LogP contribution in [0.2, 0.25) is 0 Å². The van der Waals surface area contributed by atoms with Crippen LogP contribution in [0.5, 0.6) is 5.75 Å². The average Bonchev–Trinajstić information content (AvgIpc) is 2.82. The number of aromatic nitrogens is 3. The molecule has 0 spiro atoms. The zero-order valence-electron chi connectivity index (χ0n) is 9.77. The van der Waals surface area contributed by atoms with Gasteiger partial charge in [-0.3, -0.25) is 5.10 Å². The van der Waals surface area contributed by atoms with E-state index >= 15 is 0 Å². The minimum absolute atomic E-state index is 0.336. The van der Waals surface area contributed by atoms with Crippen LogP contribution in [0.25, 0.3) is 0 Å². The van der Waals surface area contributed by atoms with Gasteiger partial charge < -0.3 is 10.4 Å². The number of benzene rings is 1. The molecule has 2 rings (SSSR count). The van der Waals surface area contributed by atoms with E-state index in [1.165, 1.54) is 6.33 Å². The summed E-state index contributed by atoms with van der Waals surface area (Å²) in [6, 6.07) is 5.60. The summed E-state index contributed by atoms with van der Waals surface area (Å²) >= 11 is 0. The van der Waals surface area contributed by atoms with E-state index in [-0.39, 0.29) is 0 Å². The molecule has 0 aliphatic carbocycles. The Bertz CT molecular complexity index is 467. The summed E-state index contributed by atoms with van der Waals surface area (Å²) in [5.41, 5.74) is 2.07. The number of hydrogen-bond donors (Lipinski definition) is 3. The number of aromatic amines is 1. The van der Waals surface area contributed by atoms with Gasteiger partial charge in [0.15, 0.2) is 0 Å². The van der Waals surface area contributed by atoms with E-state index in [1.807, 2.05) is 19.1 Å². The van der Waals surface area contributed by atoms with Crippen molar-refractivity contribution in [3.8, 4) is 5.75 Å². The Kier molecular flexibility index (Phi) is 3.72. The molecule has 5 nitrogen and oxygen atoms in total. The summed E-state index contributed by atoms with van der Waals surface area (Å²) in [5.74, 6) is 1.20. The van der Waals surface area contributed by atoms with E-state index in [0.29, 0.717) is 12.3 Å². The van der Waals surface area contributed by atoms with Gasteiger partial charge in [-0.25, -0.2) is 4.98 Å². The zero-order valence-corrected chi connectivity index (χ0v) is 9.77. The molecule has 0 bridgehead atoms. The van der Waals surface area contributed by atoms with Crippen molar-refractivity contribution in [1.29, 1.82) is 0 Å². The predicted octanol–water partition coefficient (Wildman–Crippen LogP) is 1.15. The summed E-state index contributed by atoms with van der Waals surface area (Å²) in [6.07, 6.45) is 2.30. The molecule has 5 heteroatoms. The molecule has 1 heterocycles. The van der Waals surface area contributed by atoms with Crippen LogP contribution >= 0.6 is 0 Å². The van der Waals surface area contributed by atoms with Gasteiger partial charge in [0.2, 0.25) is 0 Å². The van der Waals surface area contributed by atoms with Gasteiger partial charge in [-0.1, -0.05) is 17.7 Å². The minimum Gasteiger partial charge on any atom is -0.508 e. The van der Waals surface area contributed by atoms with Gasteiger partial charge in [0, 0.05) is 25.1 Å². The maximum absolute atomic E-state index is 9.65. The Balaban J connectivity index is 1.80. The lowest BCUT2D eigenvalue weighted by Crippen LogP contribution is -2.17. The van der Waals surface area contributed by atoms with Gasteiger partial charge in [0.05, 0.1) is 0 Å². The summed E-state index contributed by atoms with van der Waals surface area (Å²) in [4.78, 5) is 4.04. The number of H-pyrrole nitrogens is 1. The van der Waals surface area contributed by atoms with E-state index in [2.05, 4.69) is 20.5 Å². The van der Waals surface area contributed by atoms with Crippen LogP contribution in [-0.2, 0) is 13.0 Å². The topological polar surface area (TPSA) is 73.8 Å². The molecule has 17 heavy (non-hydrogen) atoms. The molecule has 2 aromatic rings. The second kappa shape index (κ2) is 5.45. The fourth-order valence-electron chi connectivity index (χ4n) is 1.64. The number of aromatic hydroxyl groups is 1. The molecular formula is C12H16N4O. The van der Waals surface area contributed by atoms with E-state index in [9.17, 15) is 5.11 Å². The highest BCUT2D eigenvalue weighted by atomic mass is 16.3. The monoisotopic (exact) mass is 232 g/mol. The first-order chi connectivity index (χ1) is 8.25. The van der Waals surface area contributed by atoms with E-state index in [1.54, 1.807) is 6.07 Å². The fraction of sp³-hybridized carbons (Fsp3) is 0.333. The van der Waals surface area contributed by atoms with Gasteiger partial charge in [-0.05, 0) is 13.0 Å². The maximum atomic E-state index is 9.65. The van der Waals surface area contributed by atoms with Gasteiger partial charge in [-0.2, -0.15) is 5.10 Å². The average molecular weight is 232 g/mol. The number of phenolic OH excluding ortho intramolecular Hbond substituents is 1. The van der Waals surface area contributed by atoms with Crippen molar-refractivity contribution in [3.05, 3.63) is 41.5 Å². The SMILES string of the molecule is Cc1ccc(O)c(CNCCc2ncn[nH]2)c1. The number of rotatable bonds is 5. The molecule has 0 saturated heterocycles. The third-order valence-electron chi connectivity index (χ3n) is 2.55. The summed E-state index contributed by atoms with van der Waals surface area (Å²) in [7, 11) is 0. The molecule has 90 valence electrons. The zero-order chi connectivity index (χ0) is 12.1. The Morgan fingerprint density at radius 2 is 2.29 bits per heavy atom. The van der Waals surface area contributed by atoms with Crippen molar-refractivity contribution in [2.24, 2.45) is 0 Å². The lowest BCUT2D eigenvalue weighted by molar-refractivity contribution is 0.464. The Morgan fingerprint density at radius 3 is 3.06 bits per heavy atom. The van der Waals surface area contributed by atoms with Crippen LogP contribution < -0.4 is 5.32 Å². The van der Waals surface area contributed by atoms with Gasteiger partial charge in [0.25, 0.3) is 0 Å². The van der Waals surface area contributed by atoms with E-state index < -0.39 is 0 Å². The number of phenols is 1. The van der Waals surface area contributed by atoms with E-state index in [4.69, 9.17) is 0 Å². The van der Waals surface area contributed by atoms with Crippen LogP contribution in [0.15, 0.2) is 24.5 Å². The van der Waals surface area contributed by atoms with Crippen molar-refractivity contribution in [3.63, 3.8) is 0 Å². The molecule has 0 saturated carbocycles. The molecule has 3 N–H and O–H groups in total. The molecular weight excluding hydrogens is 216 g/mol. The molecule has 0 unspecified atom stereocenters.